The normalized spacial score (nSPS) is 11.3. The van der Waals surface area contributed by atoms with Gasteiger partial charge in [0.2, 0.25) is 10.0 Å². The lowest BCUT2D eigenvalue weighted by atomic mass is 10.1. The minimum Gasteiger partial charge on any atom is -0.398 e. The monoisotopic (exact) mass is 305 g/mol. The van der Waals surface area contributed by atoms with Crippen LogP contribution in [0.4, 0.5) is 11.4 Å². The van der Waals surface area contributed by atoms with Gasteiger partial charge in [-0.1, -0.05) is 30.3 Å². The van der Waals surface area contributed by atoms with Crippen LogP contribution in [0.5, 0.6) is 0 Å². The second kappa shape index (κ2) is 6.60. The molecule has 5 nitrogen and oxygen atoms in total. The largest absolute Gasteiger partial charge is 0.398 e. The Balaban J connectivity index is 1.88. The lowest BCUT2D eigenvalue weighted by Gasteiger charge is -2.09. The third kappa shape index (κ3) is 4.47. The summed E-state index contributed by atoms with van der Waals surface area (Å²) in [6.07, 6.45) is 1.96. The zero-order chi connectivity index (χ0) is 15.3. The van der Waals surface area contributed by atoms with Crippen LogP contribution in [0.1, 0.15) is 12.0 Å². The molecule has 2 aromatic carbocycles. The molecule has 0 aromatic heterocycles. The van der Waals surface area contributed by atoms with E-state index in [2.05, 4.69) is 17.4 Å². The summed E-state index contributed by atoms with van der Waals surface area (Å²) in [6, 6.07) is 14.9. The van der Waals surface area contributed by atoms with Crippen molar-refractivity contribution in [2.45, 2.75) is 17.7 Å². The first-order chi connectivity index (χ1) is 9.97. The maximum Gasteiger partial charge on any atom is 0.240 e. The van der Waals surface area contributed by atoms with Crippen LogP contribution in [0.2, 0.25) is 0 Å². The predicted octanol–water partition coefficient (Wildman–Crippen LogP) is 1.96. The molecule has 0 aliphatic rings. The second-order valence-electron chi connectivity index (χ2n) is 4.81. The molecule has 0 spiro atoms. The SMILES string of the molecule is Nc1cc(NCCCc2ccccc2)ccc1S(N)(=O)=O. The molecule has 0 unspecified atom stereocenters. The molecule has 0 saturated heterocycles. The van der Waals surface area contributed by atoms with Gasteiger partial charge in [-0.25, -0.2) is 13.6 Å². The van der Waals surface area contributed by atoms with Gasteiger partial charge in [0.05, 0.1) is 5.69 Å². The lowest BCUT2D eigenvalue weighted by Crippen LogP contribution is -2.14. The van der Waals surface area contributed by atoms with E-state index in [9.17, 15) is 8.42 Å². The van der Waals surface area contributed by atoms with Crippen molar-refractivity contribution < 1.29 is 8.42 Å². The van der Waals surface area contributed by atoms with Gasteiger partial charge < -0.3 is 11.1 Å². The van der Waals surface area contributed by atoms with Crippen LogP contribution in [0.3, 0.4) is 0 Å². The van der Waals surface area contributed by atoms with Gasteiger partial charge in [0.15, 0.2) is 0 Å². The lowest BCUT2D eigenvalue weighted by molar-refractivity contribution is 0.598. The maximum absolute atomic E-state index is 11.3. The molecule has 5 N–H and O–H groups in total. The molecule has 6 heteroatoms. The average molecular weight is 305 g/mol. The number of hydrogen-bond acceptors (Lipinski definition) is 4. The first kappa shape index (κ1) is 15.3. The highest BCUT2D eigenvalue weighted by atomic mass is 32.2. The molecular formula is C15H19N3O2S. The van der Waals surface area contributed by atoms with Gasteiger partial charge in [-0.3, -0.25) is 0 Å². The van der Waals surface area contributed by atoms with Crippen LogP contribution in [0, 0.1) is 0 Å². The van der Waals surface area contributed by atoms with E-state index in [1.807, 2.05) is 18.2 Å². The van der Waals surface area contributed by atoms with Gasteiger partial charge in [0.1, 0.15) is 4.90 Å². The molecule has 0 bridgehead atoms. The van der Waals surface area contributed by atoms with E-state index < -0.39 is 10.0 Å². The summed E-state index contributed by atoms with van der Waals surface area (Å²) in [4.78, 5) is -0.0441. The molecular weight excluding hydrogens is 286 g/mol. The van der Waals surface area contributed by atoms with Gasteiger partial charge in [0, 0.05) is 12.2 Å². The minimum atomic E-state index is -3.76. The van der Waals surface area contributed by atoms with Gasteiger partial charge in [-0.05, 0) is 36.6 Å². The van der Waals surface area contributed by atoms with Crippen LogP contribution in [0.25, 0.3) is 0 Å². The minimum absolute atomic E-state index is 0.0441. The van der Waals surface area contributed by atoms with E-state index in [1.54, 1.807) is 12.1 Å². The summed E-state index contributed by atoms with van der Waals surface area (Å²) in [5.41, 5.74) is 7.94. The Kier molecular flexibility index (Phi) is 4.82. The molecule has 0 radical (unpaired) electrons. The van der Waals surface area contributed by atoms with Crippen LogP contribution in [-0.4, -0.2) is 15.0 Å². The summed E-state index contributed by atoms with van der Waals surface area (Å²) >= 11 is 0. The average Bonchev–Trinajstić information content (AvgIpc) is 2.43. The fraction of sp³-hybridized carbons (Fsp3) is 0.200. The number of hydrogen-bond donors (Lipinski definition) is 3. The number of benzene rings is 2. The van der Waals surface area contributed by atoms with Gasteiger partial charge in [0.25, 0.3) is 0 Å². The van der Waals surface area contributed by atoms with E-state index in [-0.39, 0.29) is 10.6 Å². The summed E-state index contributed by atoms with van der Waals surface area (Å²) in [7, 11) is -3.76. The molecule has 2 rings (SSSR count). The Labute approximate surface area is 125 Å². The number of primary sulfonamides is 1. The summed E-state index contributed by atoms with van der Waals surface area (Å²) in [5.74, 6) is 0. The third-order valence-corrected chi connectivity index (χ3v) is 4.12. The van der Waals surface area contributed by atoms with Gasteiger partial charge >= 0.3 is 0 Å². The third-order valence-electron chi connectivity index (χ3n) is 3.13. The van der Waals surface area contributed by atoms with E-state index in [1.165, 1.54) is 11.6 Å². The Hall–Kier alpha value is -2.05. The Morgan fingerprint density at radius 2 is 1.76 bits per heavy atom. The molecule has 2 aromatic rings. The summed E-state index contributed by atoms with van der Waals surface area (Å²) in [5, 5.41) is 8.28. The highest BCUT2D eigenvalue weighted by Crippen LogP contribution is 2.21. The molecule has 0 saturated carbocycles. The van der Waals surface area contributed by atoms with Gasteiger partial charge in [-0.15, -0.1) is 0 Å². The van der Waals surface area contributed by atoms with E-state index in [0.29, 0.717) is 0 Å². The predicted molar refractivity (Wildman–Crippen MR) is 85.5 cm³/mol. The zero-order valence-electron chi connectivity index (χ0n) is 11.6. The van der Waals surface area contributed by atoms with Crippen molar-refractivity contribution >= 4 is 21.4 Å². The number of sulfonamides is 1. The maximum atomic E-state index is 11.3. The number of anilines is 2. The first-order valence-corrected chi connectivity index (χ1v) is 8.21. The molecule has 0 aliphatic carbocycles. The number of rotatable bonds is 6. The van der Waals surface area contributed by atoms with Crippen LogP contribution < -0.4 is 16.2 Å². The Bertz CT molecular complexity index is 700. The Morgan fingerprint density at radius 3 is 2.38 bits per heavy atom. The highest BCUT2D eigenvalue weighted by Gasteiger charge is 2.11. The van der Waals surface area contributed by atoms with Crippen molar-refractivity contribution in [1.29, 1.82) is 0 Å². The summed E-state index contributed by atoms with van der Waals surface area (Å²) in [6.45, 7) is 0.781. The second-order valence-corrected chi connectivity index (χ2v) is 6.34. The fourth-order valence-electron chi connectivity index (χ4n) is 2.09. The van der Waals surface area contributed by atoms with Crippen LogP contribution in [-0.2, 0) is 16.4 Å². The molecule has 112 valence electrons. The first-order valence-electron chi connectivity index (χ1n) is 6.67. The highest BCUT2D eigenvalue weighted by molar-refractivity contribution is 7.89. The number of aryl methyl sites for hydroxylation is 1. The molecule has 21 heavy (non-hydrogen) atoms. The summed E-state index contributed by atoms with van der Waals surface area (Å²) < 4.78 is 22.5. The fourth-order valence-corrected chi connectivity index (χ4v) is 2.73. The molecule has 0 aliphatic heterocycles. The van der Waals surface area contributed by atoms with Crippen molar-refractivity contribution in [2.75, 3.05) is 17.6 Å². The smallest absolute Gasteiger partial charge is 0.240 e. The number of nitrogens with two attached hydrogens (primary N) is 2. The molecule has 0 amide bonds. The molecule has 0 heterocycles. The van der Waals surface area contributed by atoms with Crippen molar-refractivity contribution in [1.82, 2.24) is 0 Å². The van der Waals surface area contributed by atoms with E-state index in [0.717, 1.165) is 25.1 Å². The van der Waals surface area contributed by atoms with Gasteiger partial charge in [-0.2, -0.15) is 0 Å². The number of nitrogen functional groups attached to an aromatic ring is 1. The molecule has 0 atom stereocenters. The van der Waals surface area contributed by atoms with E-state index in [4.69, 9.17) is 10.9 Å². The van der Waals surface area contributed by atoms with Crippen molar-refractivity contribution in [3.8, 4) is 0 Å². The topological polar surface area (TPSA) is 98.2 Å². The van der Waals surface area contributed by atoms with E-state index >= 15 is 0 Å². The van der Waals surface area contributed by atoms with Crippen LogP contribution in [0.15, 0.2) is 53.4 Å². The van der Waals surface area contributed by atoms with Crippen molar-refractivity contribution in [3.05, 3.63) is 54.1 Å². The Morgan fingerprint density at radius 1 is 1.05 bits per heavy atom. The molecule has 0 fully saturated rings. The van der Waals surface area contributed by atoms with Crippen molar-refractivity contribution in [2.24, 2.45) is 5.14 Å². The van der Waals surface area contributed by atoms with Crippen LogP contribution >= 0.6 is 0 Å². The number of nitrogens with one attached hydrogen (secondary N) is 1. The zero-order valence-corrected chi connectivity index (χ0v) is 12.4. The van der Waals surface area contributed by atoms with Crippen molar-refractivity contribution in [3.63, 3.8) is 0 Å². The quantitative estimate of drug-likeness (QED) is 0.561. The standard InChI is InChI=1S/C15H19N3O2S/c16-14-11-13(8-9-15(14)21(17,19)20)18-10-4-7-12-5-2-1-3-6-12/h1-3,5-6,8-9,11,18H,4,7,10,16H2,(H2,17,19,20).